The molecule has 0 saturated carbocycles. The molecule has 0 fully saturated rings. The number of carbonyl (C=O) groups excluding carboxylic acids is 1. The Labute approximate surface area is 112 Å². The quantitative estimate of drug-likeness (QED) is 0.797. The van der Waals surface area contributed by atoms with Gasteiger partial charge in [0.05, 0.1) is 19.0 Å². The van der Waals surface area contributed by atoms with E-state index in [1.807, 2.05) is 24.9 Å². The lowest BCUT2D eigenvalue weighted by atomic mass is 10.1. The molecule has 1 amide bonds. The van der Waals surface area contributed by atoms with Crippen molar-refractivity contribution in [3.05, 3.63) is 35.6 Å². The summed E-state index contributed by atoms with van der Waals surface area (Å²) < 4.78 is 12.8. The summed E-state index contributed by atoms with van der Waals surface area (Å²) >= 11 is 0. The van der Waals surface area contributed by atoms with E-state index in [-0.39, 0.29) is 24.3 Å². The second-order valence-electron chi connectivity index (χ2n) is 4.40. The largest absolute Gasteiger partial charge is 0.354 e. The maximum absolute atomic E-state index is 12.8. The Kier molecular flexibility index (Phi) is 5.97. The lowest BCUT2D eigenvalue weighted by Gasteiger charge is -2.24. The lowest BCUT2D eigenvalue weighted by molar-refractivity contribution is -0.122. The molecule has 5 heteroatoms. The van der Waals surface area contributed by atoms with Gasteiger partial charge in [0, 0.05) is 12.6 Å². The van der Waals surface area contributed by atoms with Crippen LogP contribution in [-0.2, 0) is 4.79 Å². The maximum atomic E-state index is 12.8. The van der Waals surface area contributed by atoms with Gasteiger partial charge in [0.15, 0.2) is 0 Å². The molecule has 0 saturated heterocycles. The smallest absolute Gasteiger partial charge is 0.234 e. The fourth-order valence-corrected chi connectivity index (χ4v) is 1.67. The first-order chi connectivity index (χ1) is 9.04. The Bertz CT molecular complexity index is 453. The zero-order chi connectivity index (χ0) is 14.3. The lowest BCUT2D eigenvalue weighted by Crippen LogP contribution is -2.36. The SMILES string of the molecule is C[C@H](c1ccc(F)cc1)N(C)CC(=O)NCCC#N. The van der Waals surface area contributed by atoms with Gasteiger partial charge in [0.2, 0.25) is 5.91 Å². The van der Waals surface area contributed by atoms with Crippen molar-refractivity contribution in [2.75, 3.05) is 20.1 Å². The Morgan fingerprint density at radius 2 is 2.11 bits per heavy atom. The highest BCUT2D eigenvalue weighted by molar-refractivity contribution is 5.78. The maximum Gasteiger partial charge on any atom is 0.234 e. The van der Waals surface area contributed by atoms with Gasteiger partial charge >= 0.3 is 0 Å². The number of likely N-dealkylation sites (N-methyl/N-ethyl adjacent to an activating group) is 1. The van der Waals surface area contributed by atoms with Gasteiger partial charge in [-0.1, -0.05) is 12.1 Å². The fraction of sp³-hybridized carbons (Fsp3) is 0.429. The number of benzene rings is 1. The molecular formula is C14H18FN3O. The second kappa shape index (κ2) is 7.49. The summed E-state index contributed by atoms with van der Waals surface area (Å²) in [5.74, 6) is -0.389. The third kappa shape index (κ3) is 5.06. The van der Waals surface area contributed by atoms with Gasteiger partial charge in [-0.05, 0) is 31.7 Å². The van der Waals surface area contributed by atoms with Crippen molar-refractivity contribution >= 4 is 5.91 Å². The number of carbonyl (C=O) groups is 1. The van der Waals surface area contributed by atoms with Crippen molar-refractivity contribution in [1.82, 2.24) is 10.2 Å². The summed E-state index contributed by atoms with van der Waals surface area (Å²) in [4.78, 5) is 13.5. The monoisotopic (exact) mass is 263 g/mol. The minimum atomic E-state index is -0.271. The van der Waals surface area contributed by atoms with Crippen LogP contribution in [0.15, 0.2) is 24.3 Å². The van der Waals surface area contributed by atoms with Gasteiger partial charge in [0.25, 0.3) is 0 Å². The third-order valence-electron chi connectivity index (χ3n) is 2.97. The summed E-state index contributed by atoms with van der Waals surface area (Å²) in [5.41, 5.74) is 0.953. The van der Waals surface area contributed by atoms with Crippen molar-refractivity contribution in [2.24, 2.45) is 0 Å². The average molecular weight is 263 g/mol. The zero-order valence-corrected chi connectivity index (χ0v) is 11.2. The molecule has 0 radical (unpaired) electrons. The number of nitriles is 1. The third-order valence-corrected chi connectivity index (χ3v) is 2.97. The van der Waals surface area contributed by atoms with Crippen LogP contribution in [0.25, 0.3) is 0 Å². The van der Waals surface area contributed by atoms with E-state index < -0.39 is 0 Å². The average Bonchev–Trinajstić information content (AvgIpc) is 2.39. The van der Waals surface area contributed by atoms with E-state index in [1.54, 1.807) is 12.1 Å². The van der Waals surface area contributed by atoms with Crippen LogP contribution in [0.5, 0.6) is 0 Å². The first-order valence-corrected chi connectivity index (χ1v) is 6.14. The van der Waals surface area contributed by atoms with Gasteiger partial charge in [0.1, 0.15) is 5.82 Å². The van der Waals surface area contributed by atoms with Gasteiger partial charge in [-0.3, -0.25) is 9.69 Å². The molecule has 19 heavy (non-hydrogen) atoms. The van der Waals surface area contributed by atoms with Crippen LogP contribution in [0.1, 0.15) is 24.9 Å². The van der Waals surface area contributed by atoms with Crippen LogP contribution in [0.4, 0.5) is 4.39 Å². The molecule has 0 aromatic heterocycles. The van der Waals surface area contributed by atoms with Crippen LogP contribution in [0.2, 0.25) is 0 Å². The zero-order valence-electron chi connectivity index (χ0n) is 11.2. The van der Waals surface area contributed by atoms with Crippen molar-refractivity contribution in [3.8, 4) is 6.07 Å². The van der Waals surface area contributed by atoms with Crippen molar-refractivity contribution in [1.29, 1.82) is 5.26 Å². The van der Waals surface area contributed by atoms with E-state index in [0.29, 0.717) is 13.0 Å². The molecule has 0 unspecified atom stereocenters. The molecule has 102 valence electrons. The number of amides is 1. The van der Waals surface area contributed by atoms with Crippen molar-refractivity contribution in [3.63, 3.8) is 0 Å². The minimum absolute atomic E-state index is 0.0160. The molecule has 1 atom stereocenters. The second-order valence-corrected chi connectivity index (χ2v) is 4.40. The molecule has 0 aliphatic carbocycles. The van der Waals surface area contributed by atoms with Crippen LogP contribution in [0.3, 0.4) is 0 Å². The number of hydrogen-bond acceptors (Lipinski definition) is 3. The number of nitrogens with zero attached hydrogens (tertiary/aromatic N) is 2. The highest BCUT2D eigenvalue weighted by atomic mass is 19.1. The number of hydrogen-bond donors (Lipinski definition) is 1. The summed E-state index contributed by atoms with van der Waals surface area (Å²) in [7, 11) is 1.83. The number of halogens is 1. The molecule has 0 heterocycles. The summed E-state index contributed by atoms with van der Waals surface area (Å²) in [6, 6.07) is 8.23. The van der Waals surface area contributed by atoms with E-state index in [9.17, 15) is 9.18 Å². The van der Waals surface area contributed by atoms with E-state index in [2.05, 4.69) is 5.32 Å². The Morgan fingerprint density at radius 1 is 1.47 bits per heavy atom. The normalized spacial score (nSPS) is 11.9. The predicted octanol–water partition coefficient (Wildman–Crippen LogP) is 1.85. The summed E-state index contributed by atoms with van der Waals surface area (Å²) in [5, 5.41) is 11.0. The van der Waals surface area contributed by atoms with Crippen LogP contribution < -0.4 is 5.32 Å². The Balaban J connectivity index is 2.48. The molecule has 0 aliphatic heterocycles. The highest BCUT2D eigenvalue weighted by Gasteiger charge is 2.14. The molecule has 0 aliphatic rings. The fourth-order valence-electron chi connectivity index (χ4n) is 1.67. The van der Waals surface area contributed by atoms with Gasteiger partial charge < -0.3 is 5.32 Å². The summed E-state index contributed by atoms with van der Waals surface area (Å²) in [6.07, 6.45) is 0.309. The molecule has 1 aromatic rings. The highest BCUT2D eigenvalue weighted by Crippen LogP contribution is 2.18. The van der Waals surface area contributed by atoms with Gasteiger partial charge in [-0.2, -0.15) is 5.26 Å². The van der Waals surface area contributed by atoms with E-state index in [1.165, 1.54) is 12.1 Å². The van der Waals surface area contributed by atoms with Gasteiger partial charge in [-0.15, -0.1) is 0 Å². The first-order valence-electron chi connectivity index (χ1n) is 6.14. The van der Waals surface area contributed by atoms with E-state index in [0.717, 1.165) is 5.56 Å². The molecule has 0 spiro atoms. The Hall–Kier alpha value is -1.93. The topological polar surface area (TPSA) is 56.1 Å². The van der Waals surface area contributed by atoms with Crippen LogP contribution >= 0.6 is 0 Å². The van der Waals surface area contributed by atoms with E-state index >= 15 is 0 Å². The molecule has 0 bridgehead atoms. The minimum Gasteiger partial charge on any atom is -0.354 e. The van der Waals surface area contributed by atoms with Crippen molar-refractivity contribution in [2.45, 2.75) is 19.4 Å². The number of rotatable bonds is 6. The predicted molar refractivity (Wildman–Crippen MR) is 70.7 cm³/mol. The van der Waals surface area contributed by atoms with Crippen LogP contribution in [0, 0.1) is 17.1 Å². The first kappa shape index (κ1) is 15.1. The Morgan fingerprint density at radius 3 is 2.68 bits per heavy atom. The standard InChI is InChI=1S/C14H18FN3O/c1-11(12-4-6-13(15)7-5-12)18(2)10-14(19)17-9-3-8-16/h4-7,11H,3,9-10H2,1-2H3,(H,17,19)/t11-/m1/s1. The number of nitrogens with one attached hydrogen (secondary N) is 1. The molecule has 1 rings (SSSR count). The summed E-state index contributed by atoms with van der Waals surface area (Å²) in [6.45, 7) is 2.56. The van der Waals surface area contributed by atoms with E-state index in [4.69, 9.17) is 5.26 Å². The molecule has 1 aromatic carbocycles. The molecule has 4 nitrogen and oxygen atoms in total. The van der Waals surface area contributed by atoms with Gasteiger partial charge in [-0.25, -0.2) is 4.39 Å². The van der Waals surface area contributed by atoms with Crippen LogP contribution in [-0.4, -0.2) is 30.9 Å². The molecular weight excluding hydrogens is 245 g/mol. The molecule has 1 N–H and O–H groups in total. The van der Waals surface area contributed by atoms with Crippen molar-refractivity contribution < 1.29 is 9.18 Å².